The van der Waals surface area contributed by atoms with E-state index in [0.717, 1.165) is 77.9 Å². The monoisotopic (exact) mass is 985 g/mol. The minimum atomic E-state index is -0.148. The van der Waals surface area contributed by atoms with Gasteiger partial charge < -0.3 is 9.13 Å². The van der Waals surface area contributed by atoms with Crippen LogP contribution in [0.25, 0.3) is 111 Å². The van der Waals surface area contributed by atoms with Crippen LogP contribution in [0.4, 0.5) is 0 Å². The Morgan fingerprint density at radius 2 is 1.02 bits per heavy atom. The van der Waals surface area contributed by atoms with Gasteiger partial charge >= 0.3 is 0 Å². The summed E-state index contributed by atoms with van der Waals surface area (Å²) in [4.78, 5) is 5.61. The van der Waals surface area contributed by atoms with Gasteiger partial charge in [-0.2, -0.15) is 48.5 Å². The van der Waals surface area contributed by atoms with Crippen molar-refractivity contribution in [2.45, 2.75) is 26.2 Å². The average Bonchev–Trinajstić information content (AvgIpc) is 3.88. The summed E-state index contributed by atoms with van der Waals surface area (Å²) in [6.45, 7) is 6.85. The molecule has 0 saturated heterocycles. The van der Waals surface area contributed by atoms with E-state index in [1.807, 2.05) is 18.2 Å². The zero-order chi connectivity index (χ0) is 41.5. The molecule has 0 N–H and O–H groups in total. The number of nitrogens with zero attached hydrogens (tertiary/aromatic N) is 3. The van der Waals surface area contributed by atoms with Crippen LogP contribution in [0.15, 0.2) is 188 Å². The van der Waals surface area contributed by atoms with Gasteiger partial charge in [-0.1, -0.05) is 170 Å². The van der Waals surface area contributed by atoms with Crippen molar-refractivity contribution in [2.75, 3.05) is 0 Å². The summed E-state index contributed by atoms with van der Waals surface area (Å²) in [5.41, 5.74) is 18.7. The molecule has 304 valence electrons. The van der Waals surface area contributed by atoms with Crippen molar-refractivity contribution in [1.82, 2.24) is 14.1 Å². The number of rotatable bonds is 4. The number of pyridine rings is 1. The Bertz CT molecular complexity index is 3510. The number of benzene rings is 8. The van der Waals surface area contributed by atoms with Crippen LogP contribution >= 0.6 is 0 Å². The molecule has 1 aliphatic rings. The molecule has 3 nitrogen and oxygen atoms in total. The van der Waals surface area contributed by atoms with Gasteiger partial charge in [0.15, 0.2) is 0 Å². The molecule has 0 amide bonds. The molecule has 8 aromatic carbocycles. The van der Waals surface area contributed by atoms with E-state index in [1.54, 1.807) is 0 Å². The van der Waals surface area contributed by atoms with Crippen LogP contribution in [0.2, 0.25) is 0 Å². The molecule has 12 rings (SSSR count). The van der Waals surface area contributed by atoms with Crippen molar-refractivity contribution in [3.05, 3.63) is 212 Å². The Balaban J connectivity index is 0.00000444. The summed E-state index contributed by atoms with van der Waals surface area (Å²) in [6.07, 6.45) is 3.98. The molecule has 1 aliphatic carbocycles. The number of hydrogen-bond donors (Lipinski definition) is 0. The van der Waals surface area contributed by atoms with Crippen LogP contribution in [0.1, 0.15) is 26.3 Å². The minimum Gasteiger partial charge on any atom is -0.439 e. The molecule has 63 heavy (non-hydrogen) atoms. The molecule has 0 bridgehead atoms. The van der Waals surface area contributed by atoms with Gasteiger partial charge in [0.05, 0.1) is 5.69 Å². The van der Waals surface area contributed by atoms with Gasteiger partial charge in [0.1, 0.15) is 5.82 Å². The Morgan fingerprint density at radius 1 is 0.476 bits per heavy atom. The normalized spacial score (nSPS) is 11.9. The van der Waals surface area contributed by atoms with Gasteiger partial charge in [0.2, 0.25) is 0 Å². The molecule has 3 aromatic heterocycles. The molecule has 3 heterocycles. The predicted octanol–water partition coefficient (Wildman–Crippen LogP) is 15.1. The summed E-state index contributed by atoms with van der Waals surface area (Å²) in [7, 11) is 0. The molecule has 0 spiro atoms. The van der Waals surface area contributed by atoms with E-state index in [9.17, 15) is 0 Å². The molecule has 0 atom stereocenters. The Labute approximate surface area is 382 Å². The van der Waals surface area contributed by atoms with E-state index in [-0.39, 0.29) is 26.5 Å². The summed E-state index contributed by atoms with van der Waals surface area (Å²) < 4.78 is 4.48. The van der Waals surface area contributed by atoms with Crippen LogP contribution in [-0.2, 0) is 26.5 Å². The maximum atomic E-state index is 5.61. The Kier molecular flexibility index (Phi) is 9.30. The fourth-order valence-electron chi connectivity index (χ4n) is 9.74. The number of para-hydroxylation sites is 3. The topological polar surface area (TPSA) is 22.8 Å². The summed E-state index contributed by atoms with van der Waals surface area (Å²) >= 11 is 0. The maximum Gasteiger partial charge on any atom is 0.136 e. The first-order valence-corrected chi connectivity index (χ1v) is 21.3. The first-order chi connectivity index (χ1) is 30.4. The third kappa shape index (κ3) is 6.17. The second kappa shape index (κ2) is 15.1. The quantitative estimate of drug-likeness (QED) is 0.161. The van der Waals surface area contributed by atoms with Gasteiger partial charge in [-0.25, -0.2) is 11.1 Å². The van der Waals surface area contributed by atoms with Gasteiger partial charge in [-0.05, 0) is 90.8 Å². The second-order valence-electron chi connectivity index (χ2n) is 17.3. The van der Waals surface area contributed by atoms with Crippen LogP contribution < -0.4 is 0 Å². The minimum absolute atomic E-state index is 0. The molecule has 11 aromatic rings. The molecular weight excluding hydrogens is 946 g/mol. The molecule has 0 unspecified atom stereocenters. The largest absolute Gasteiger partial charge is 0.439 e. The van der Waals surface area contributed by atoms with E-state index in [2.05, 4.69) is 218 Å². The smallest absolute Gasteiger partial charge is 0.136 e. The standard InChI is InChI=1S/C59H40N3.Pt/c1-59(2,3)38-35-52(60-56(36-38)62-53-32-15-13-27-46(53)47-28-14-16-33-54(47)62)45-26-12-11-25-44(45)49-30-17-29-48-42-23-9-7-21-40(42)41-22-8-10-24-43(41)50-31-18-34-55-58(50)51(57(48)49)37-61(55)39-19-5-4-6-20-39;/h4-19,21-32,34-36H,1-3H3;/q-3;. The van der Waals surface area contributed by atoms with E-state index in [1.165, 1.54) is 38.8 Å². The summed E-state index contributed by atoms with van der Waals surface area (Å²) in [5.74, 6) is 0.877. The molecule has 0 saturated carbocycles. The van der Waals surface area contributed by atoms with Gasteiger partial charge in [-0.3, -0.25) is 0 Å². The van der Waals surface area contributed by atoms with E-state index < -0.39 is 0 Å². The third-order valence-corrected chi connectivity index (χ3v) is 12.6. The molecule has 4 heteroatoms. The second-order valence-corrected chi connectivity index (χ2v) is 17.3. The maximum absolute atomic E-state index is 5.61. The molecule has 0 fully saturated rings. The van der Waals surface area contributed by atoms with Crippen molar-refractivity contribution in [3.63, 3.8) is 0 Å². The van der Waals surface area contributed by atoms with Crippen LogP contribution in [0.5, 0.6) is 0 Å². The first-order valence-electron chi connectivity index (χ1n) is 21.3. The fourth-order valence-corrected chi connectivity index (χ4v) is 9.74. The fraction of sp³-hybridized carbons (Fsp3) is 0.0678. The van der Waals surface area contributed by atoms with Crippen LogP contribution in [0, 0.1) is 18.3 Å². The van der Waals surface area contributed by atoms with E-state index >= 15 is 0 Å². The number of hydrogen-bond acceptors (Lipinski definition) is 1. The zero-order valence-corrected chi connectivity index (χ0v) is 37.3. The first kappa shape index (κ1) is 38.8. The number of aromatic nitrogens is 3. The van der Waals surface area contributed by atoms with Crippen molar-refractivity contribution in [1.29, 1.82) is 0 Å². The van der Waals surface area contributed by atoms with Crippen LogP contribution in [0.3, 0.4) is 0 Å². The zero-order valence-electron chi connectivity index (χ0n) is 35.1. The Morgan fingerprint density at radius 3 is 1.71 bits per heavy atom. The van der Waals surface area contributed by atoms with Gasteiger partial charge in [0, 0.05) is 32.1 Å². The molecule has 0 radical (unpaired) electrons. The summed E-state index contributed by atoms with van der Waals surface area (Å²) in [5, 5.41) is 3.51. The average molecular weight is 986 g/mol. The number of fused-ring (bicyclic) bond motifs is 10. The van der Waals surface area contributed by atoms with Gasteiger partial charge in [0.25, 0.3) is 0 Å². The van der Waals surface area contributed by atoms with E-state index in [4.69, 9.17) is 4.98 Å². The third-order valence-electron chi connectivity index (χ3n) is 12.6. The predicted molar refractivity (Wildman–Crippen MR) is 257 cm³/mol. The molecular formula is C59H40N3Pt-3. The van der Waals surface area contributed by atoms with Crippen LogP contribution in [-0.4, -0.2) is 14.1 Å². The van der Waals surface area contributed by atoms with Crippen molar-refractivity contribution in [2.24, 2.45) is 0 Å². The van der Waals surface area contributed by atoms with Crippen molar-refractivity contribution in [3.8, 4) is 78.4 Å². The van der Waals surface area contributed by atoms with Crippen molar-refractivity contribution < 1.29 is 21.1 Å². The SMILES string of the molecule is CC(C)(C)c1cc(-c2ccccc2-c2cccc3c2-c2[c-]n(-c4[c-]cccc4)c4cccc(c24)-c2ccccc2-c2ccccc2-3)nc(-n2c3[c-]cccc3c3ccccc32)c1.[Pt]. The van der Waals surface area contributed by atoms with Crippen molar-refractivity contribution >= 4 is 32.7 Å². The van der Waals surface area contributed by atoms with E-state index in [0.29, 0.717) is 0 Å². The summed E-state index contributed by atoms with van der Waals surface area (Å²) in [6, 6.07) is 74.7. The van der Waals surface area contributed by atoms with Gasteiger partial charge in [-0.15, -0.1) is 11.1 Å². The Hall–Kier alpha value is -7.06. The molecule has 0 aliphatic heterocycles.